The van der Waals surface area contributed by atoms with Crippen molar-refractivity contribution in [1.82, 2.24) is 15.2 Å². The van der Waals surface area contributed by atoms with E-state index in [-0.39, 0.29) is 17.8 Å². The molecule has 0 bridgehead atoms. The number of anilines is 2. The predicted octanol–water partition coefficient (Wildman–Crippen LogP) is 5.16. The first-order valence-corrected chi connectivity index (χ1v) is 11.3. The molecule has 2 N–H and O–H groups in total. The molecule has 1 atom stereocenters. The summed E-state index contributed by atoms with van der Waals surface area (Å²) in [5.41, 5.74) is 1.52. The van der Waals surface area contributed by atoms with E-state index in [0.717, 1.165) is 41.4 Å². The van der Waals surface area contributed by atoms with Gasteiger partial charge in [0.05, 0.1) is 16.8 Å². The second-order valence-corrected chi connectivity index (χ2v) is 8.92. The van der Waals surface area contributed by atoms with E-state index in [1.807, 2.05) is 29.6 Å². The minimum atomic E-state index is -0.347. The average molecular weight is 435 g/mol. The quantitative estimate of drug-likeness (QED) is 0.466. The van der Waals surface area contributed by atoms with Crippen LogP contribution in [0.15, 0.2) is 53.9 Å². The zero-order chi connectivity index (χ0) is 21.4. The normalized spacial score (nSPS) is 17.2. The highest BCUT2D eigenvalue weighted by Gasteiger charge is 2.22. The Morgan fingerprint density at radius 1 is 1.16 bits per heavy atom. The van der Waals surface area contributed by atoms with Gasteiger partial charge >= 0.3 is 0 Å². The third kappa shape index (κ3) is 3.86. The third-order valence-corrected chi connectivity index (χ3v) is 6.70. The Kier molecular flexibility index (Phi) is 5.29. The summed E-state index contributed by atoms with van der Waals surface area (Å²) in [4.78, 5) is 20.2. The lowest BCUT2D eigenvalue weighted by molar-refractivity contribution is 0.0914. The highest BCUT2D eigenvalue weighted by molar-refractivity contribution is 7.18. The van der Waals surface area contributed by atoms with Gasteiger partial charge in [0.2, 0.25) is 0 Å². The topological polar surface area (TPSA) is 57.3 Å². The van der Waals surface area contributed by atoms with Crippen LogP contribution in [0.25, 0.3) is 21.0 Å². The largest absolute Gasteiger partial charge is 0.348 e. The number of halogens is 1. The van der Waals surface area contributed by atoms with Crippen LogP contribution in [0.4, 0.5) is 15.9 Å². The molecule has 5 rings (SSSR count). The number of para-hydroxylation sites is 2. The fourth-order valence-electron chi connectivity index (χ4n) is 4.24. The van der Waals surface area contributed by atoms with E-state index in [4.69, 9.17) is 4.98 Å². The number of likely N-dealkylation sites (tertiary alicyclic amines) is 1. The van der Waals surface area contributed by atoms with Crippen molar-refractivity contribution in [3.05, 3.63) is 65.3 Å². The highest BCUT2D eigenvalue weighted by atomic mass is 32.1. The minimum absolute atomic E-state index is 0.119. The Morgan fingerprint density at radius 3 is 2.87 bits per heavy atom. The van der Waals surface area contributed by atoms with E-state index < -0.39 is 0 Å². The number of aromatic nitrogens is 1. The van der Waals surface area contributed by atoms with Gasteiger partial charge in [-0.1, -0.05) is 24.3 Å². The number of rotatable bonds is 4. The van der Waals surface area contributed by atoms with Crippen LogP contribution in [0.3, 0.4) is 0 Å². The lowest BCUT2D eigenvalue weighted by atomic mass is 10.0. The van der Waals surface area contributed by atoms with Gasteiger partial charge in [0.1, 0.15) is 11.6 Å². The number of carbonyl (C=O) groups is 1. The maximum Gasteiger partial charge on any atom is 0.253 e. The van der Waals surface area contributed by atoms with Crippen LogP contribution in [-0.2, 0) is 0 Å². The van der Waals surface area contributed by atoms with Crippen molar-refractivity contribution in [2.24, 2.45) is 0 Å². The number of amides is 1. The Morgan fingerprint density at radius 2 is 2.03 bits per heavy atom. The van der Waals surface area contributed by atoms with Crippen LogP contribution in [0.5, 0.6) is 0 Å². The SMILES string of the molecule is CN1CCCC(NC(=O)c2cccc3c2nc(Nc2ccccc2F)c2ccsc23)C1. The Bertz CT molecular complexity index is 1270. The molecule has 3 heterocycles. The van der Waals surface area contributed by atoms with Crippen LogP contribution in [-0.4, -0.2) is 42.0 Å². The first-order valence-electron chi connectivity index (χ1n) is 10.4. The van der Waals surface area contributed by atoms with Crippen molar-refractivity contribution in [3.63, 3.8) is 0 Å². The van der Waals surface area contributed by atoms with Crippen LogP contribution in [0.1, 0.15) is 23.2 Å². The number of hydrogen-bond donors (Lipinski definition) is 2. The summed E-state index contributed by atoms with van der Waals surface area (Å²) in [6.45, 7) is 1.91. The average Bonchev–Trinajstić information content (AvgIpc) is 3.26. The molecule has 0 aliphatic carbocycles. The summed E-state index contributed by atoms with van der Waals surface area (Å²) in [6.07, 6.45) is 2.05. The van der Waals surface area contributed by atoms with Crippen LogP contribution in [0.2, 0.25) is 0 Å². The molecule has 1 aliphatic rings. The summed E-state index contributed by atoms with van der Waals surface area (Å²) >= 11 is 1.59. The Balaban J connectivity index is 1.57. The number of nitrogens with zero attached hydrogens (tertiary/aromatic N) is 2. The van der Waals surface area contributed by atoms with Gasteiger partial charge in [-0.3, -0.25) is 4.79 Å². The number of benzene rings is 2. The van der Waals surface area contributed by atoms with Gasteiger partial charge in [-0.15, -0.1) is 11.3 Å². The molecule has 0 radical (unpaired) electrons. The molecule has 4 aromatic rings. The standard InChI is InChI=1S/C24H23FN4OS/c1-29-12-5-6-15(14-29)26-24(30)17-8-4-7-16-21(17)28-23(18-11-13-31-22(16)18)27-20-10-3-2-9-19(20)25/h2-4,7-11,13,15H,5-6,12,14H2,1H3,(H,26,30)(H,27,28). The Labute approximate surface area is 183 Å². The molecule has 7 heteroatoms. The zero-order valence-corrected chi connectivity index (χ0v) is 18.0. The lowest BCUT2D eigenvalue weighted by Crippen LogP contribution is -2.46. The summed E-state index contributed by atoms with van der Waals surface area (Å²) in [5.74, 6) is 0.0814. The van der Waals surface area contributed by atoms with E-state index >= 15 is 0 Å². The number of carbonyl (C=O) groups excluding carboxylic acids is 1. The molecule has 1 amide bonds. The van der Waals surface area contributed by atoms with Crippen molar-refractivity contribution in [3.8, 4) is 0 Å². The molecule has 5 nitrogen and oxygen atoms in total. The molecule has 1 unspecified atom stereocenters. The van der Waals surface area contributed by atoms with E-state index in [2.05, 4.69) is 22.6 Å². The highest BCUT2D eigenvalue weighted by Crippen LogP contribution is 2.36. The molecule has 1 aliphatic heterocycles. The smallest absolute Gasteiger partial charge is 0.253 e. The summed E-state index contributed by atoms with van der Waals surface area (Å²) < 4.78 is 15.3. The van der Waals surface area contributed by atoms with Gasteiger partial charge in [0.15, 0.2) is 0 Å². The molecule has 0 spiro atoms. The summed E-state index contributed by atoms with van der Waals surface area (Å²) in [5, 5.41) is 10.1. The monoisotopic (exact) mass is 434 g/mol. The maximum absolute atomic E-state index is 14.3. The molecule has 2 aromatic heterocycles. The van der Waals surface area contributed by atoms with Crippen molar-refractivity contribution in [1.29, 1.82) is 0 Å². The van der Waals surface area contributed by atoms with Crippen LogP contribution < -0.4 is 10.6 Å². The zero-order valence-electron chi connectivity index (χ0n) is 17.2. The van der Waals surface area contributed by atoms with Gasteiger partial charge in [0, 0.05) is 28.1 Å². The van der Waals surface area contributed by atoms with E-state index in [9.17, 15) is 9.18 Å². The molecule has 0 saturated carbocycles. The third-order valence-electron chi connectivity index (χ3n) is 5.76. The van der Waals surface area contributed by atoms with Gasteiger partial charge in [-0.2, -0.15) is 0 Å². The van der Waals surface area contributed by atoms with Gasteiger partial charge < -0.3 is 15.5 Å². The van der Waals surface area contributed by atoms with Crippen molar-refractivity contribution >= 4 is 49.7 Å². The lowest BCUT2D eigenvalue weighted by Gasteiger charge is -2.30. The molecule has 158 valence electrons. The second kappa shape index (κ2) is 8.24. The fraction of sp³-hybridized carbons (Fsp3) is 0.250. The van der Waals surface area contributed by atoms with Crippen molar-refractivity contribution in [2.45, 2.75) is 18.9 Å². The molecular weight excluding hydrogens is 411 g/mol. The molecule has 1 fully saturated rings. The number of likely N-dealkylation sites (N-methyl/N-ethyl adjacent to an activating group) is 1. The van der Waals surface area contributed by atoms with E-state index in [1.165, 1.54) is 6.07 Å². The van der Waals surface area contributed by atoms with Gasteiger partial charge in [-0.05, 0) is 56.1 Å². The van der Waals surface area contributed by atoms with Gasteiger partial charge in [-0.25, -0.2) is 9.37 Å². The number of hydrogen-bond acceptors (Lipinski definition) is 5. The first-order chi connectivity index (χ1) is 15.1. The van der Waals surface area contributed by atoms with E-state index in [0.29, 0.717) is 22.6 Å². The van der Waals surface area contributed by atoms with Crippen LogP contribution >= 0.6 is 11.3 Å². The summed E-state index contributed by atoms with van der Waals surface area (Å²) in [7, 11) is 2.08. The first kappa shape index (κ1) is 19.9. The molecule has 1 saturated heterocycles. The van der Waals surface area contributed by atoms with Crippen molar-refractivity contribution in [2.75, 3.05) is 25.5 Å². The minimum Gasteiger partial charge on any atom is -0.348 e. The summed E-state index contributed by atoms with van der Waals surface area (Å²) in [6, 6.07) is 14.3. The van der Waals surface area contributed by atoms with Gasteiger partial charge in [0.25, 0.3) is 5.91 Å². The molecular formula is C24H23FN4OS. The number of fused-ring (bicyclic) bond motifs is 3. The van der Waals surface area contributed by atoms with E-state index in [1.54, 1.807) is 29.5 Å². The Hall–Kier alpha value is -3.03. The number of pyridine rings is 1. The maximum atomic E-state index is 14.3. The number of nitrogens with one attached hydrogen (secondary N) is 2. The molecule has 31 heavy (non-hydrogen) atoms. The number of thiophene rings is 1. The van der Waals surface area contributed by atoms with Crippen molar-refractivity contribution < 1.29 is 9.18 Å². The predicted molar refractivity (Wildman–Crippen MR) is 125 cm³/mol. The fourth-order valence-corrected chi connectivity index (χ4v) is 5.16. The second-order valence-electron chi connectivity index (χ2n) is 8.01. The van der Waals surface area contributed by atoms with Crippen LogP contribution in [0, 0.1) is 5.82 Å². The number of piperidine rings is 1. The molecule has 2 aromatic carbocycles.